The lowest BCUT2D eigenvalue weighted by molar-refractivity contribution is -0.194. The number of hydrogen-bond donors (Lipinski definition) is 0. The van der Waals surface area contributed by atoms with E-state index in [0.29, 0.717) is 0 Å². The quantitative estimate of drug-likeness (QED) is 0.346. The van der Waals surface area contributed by atoms with Gasteiger partial charge in [0.15, 0.2) is 0 Å². The monoisotopic (exact) mass is 414 g/mol. The van der Waals surface area contributed by atoms with E-state index in [1.807, 2.05) is 0 Å². The van der Waals surface area contributed by atoms with Gasteiger partial charge in [0.05, 0.1) is 0 Å². The summed E-state index contributed by atoms with van der Waals surface area (Å²) in [5.74, 6) is 0. The first kappa shape index (κ1) is 25.7. The molecule has 0 N–H and O–H groups in total. The Morgan fingerprint density at radius 3 is 1.00 bits per heavy atom. The molecular formula is C30H54. The van der Waals surface area contributed by atoms with Crippen LogP contribution >= 0.6 is 0 Å². The lowest BCUT2D eigenvalue weighted by atomic mass is 9.32. The molecule has 0 aromatic carbocycles. The third-order valence-corrected chi connectivity index (χ3v) is 14.2. The first-order chi connectivity index (χ1) is 12.9. The molecule has 2 bridgehead atoms. The van der Waals surface area contributed by atoms with Crippen LogP contribution in [-0.4, -0.2) is 0 Å². The summed E-state index contributed by atoms with van der Waals surface area (Å²) in [7, 11) is 0. The zero-order valence-corrected chi connectivity index (χ0v) is 24.0. The molecule has 0 radical (unpaired) electrons. The molecular weight excluding hydrogens is 360 g/mol. The summed E-state index contributed by atoms with van der Waals surface area (Å²) in [6.45, 7) is 45.7. The second kappa shape index (κ2) is 6.08. The Morgan fingerprint density at radius 1 is 0.300 bits per heavy atom. The summed E-state index contributed by atoms with van der Waals surface area (Å²) in [5, 5.41) is 0. The van der Waals surface area contributed by atoms with E-state index >= 15 is 0 Å². The van der Waals surface area contributed by atoms with Crippen LogP contribution in [0.25, 0.3) is 0 Å². The molecule has 2 unspecified atom stereocenters. The summed E-state index contributed by atoms with van der Waals surface area (Å²) in [5.41, 5.74) is 6.93. The molecule has 0 heterocycles. The van der Waals surface area contributed by atoms with E-state index in [1.54, 1.807) is 22.3 Å². The largest absolute Gasteiger partial charge is 0.0676 e. The molecule has 0 aliphatic heterocycles. The lowest BCUT2D eigenvalue weighted by Gasteiger charge is -2.72. The van der Waals surface area contributed by atoms with Crippen molar-refractivity contribution < 1.29 is 0 Å². The first-order valence-corrected chi connectivity index (χ1v) is 12.2. The molecule has 0 fully saturated rings. The van der Waals surface area contributed by atoms with Crippen LogP contribution < -0.4 is 0 Å². The predicted octanol–water partition coefficient (Wildman–Crippen LogP) is 9.86. The molecule has 174 valence electrons. The number of allylic oxidation sites excluding steroid dienone is 4. The molecule has 30 heavy (non-hydrogen) atoms. The van der Waals surface area contributed by atoms with Crippen LogP contribution in [0.15, 0.2) is 22.3 Å². The second-order valence-electron chi connectivity index (χ2n) is 14.5. The van der Waals surface area contributed by atoms with Gasteiger partial charge in [0.25, 0.3) is 0 Å². The third-order valence-electron chi connectivity index (χ3n) is 14.2. The fourth-order valence-corrected chi connectivity index (χ4v) is 8.62. The lowest BCUT2D eigenvalue weighted by Crippen LogP contribution is -2.66. The van der Waals surface area contributed by atoms with Gasteiger partial charge in [0.2, 0.25) is 0 Å². The summed E-state index contributed by atoms with van der Waals surface area (Å²) >= 11 is 0. The van der Waals surface area contributed by atoms with Gasteiger partial charge >= 0.3 is 0 Å². The van der Waals surface area contributed by atoms with Crippen molar-refractivity contribution in [3.05, 3.63) is 22.3 Å². The van der Waals surface area contributed by atoms with E-state index < -0.39 is 0 Å². The smallest absolute Gasteiger partial charge is 0.00283 e. The second-order valence-corrected chi connectivity index (χ2v) is 14.5. The third kappa shape index (κ3) is 2.16. The van der Waals surface area contributed by atoms with Gasteiger partial charge in [-0.25, -0.2) is 0 Å². The zero-order chi connectivity index (χ0) is 24.3. The van der Waals surface area contributed by atoms with Gasteiger partial charge in [-0.15, -0.1) is 0 Å². The van der Waals surface area contributed by atoms with Gasteiger partial charge in [-0.3, -0.25) is 0 Å². The molecule has 3 aliphatic carbocycles. The molecule has 0 spiro atoms. The topological polar surface area (TPSA) is 0 Å². The van der Waals surface area contributed by atoms with Gasteiger partial charge in [0, 0.05) is 5.41 Å². The summed E-state index contributed by atoms with van der Waals surface area (Å²) in [6, 6.07) is 0. The van der Waals surface area contributed by atoms with Crippen molar-refractivity contribution in [2.75, 3.05) is 0 Å². The molecule has 0 saturated carbocycles. The van der Waals surface area contributed by atoms with Gasteiger partial charge in [-0.2, -0.15) is 0 Å². The molecule has 0 nitrogen and oxygen atoms in total. The van der Waals surface area contributed by atoms with Crippen LogP contribution in [0, 0.1) is 43.3 Å². The molecule has 3 rings (SSSR count). The van der Waals surface area contributed by atoms with Crippen molar-refractivity contribution in [3.8, 4) is 0 Å². The number of hydrogen-bond acceptors (Lipinski definition) is 0. The molecule has 0 aromatic heterocycles. The van der Waals surface area contributed by atoms with E-state index in [-0.39, 0.29) is 43.3 Å². The van der Waals surface area contributed by atoms with Crippen LogP contribution in [0.3, 0.4) is 0 Å². The van der Waals surface area contributed by atoms with Crippen LogP contribution in [0.1, 0.15) is 125 Å². The highest BCUT2D eigenvalue weighted by molar-refractivity contribution is 5.44. The standard InChI is InChI=1S/C30H54/c1-19-21(3)29(17)24(7,8)20(2)22(4)30(18,25(9,10)23(19,5)6)28(15,16)26(11,12)27(29,13)14/h1-18H3/b21-19-,22-20-. The van der Waals surface area contributed by atoms with Crippen LogP contribution in [0.4, 0.5) is 0 Å². The minimum atomic E-state index is 0.0230. The van der Waals surface area contributed by atoms with Crippen molar-refractivity contribution in [1.29, 1.82) is 0 Å². The average molecular weight is 415 g/mol. The van der Waals surface area contributed by atoms with Crippen molar-refractivity contribution in [2.45, 2.75) is 125 Å². The van der Waals surface area contributed by atoms with Crippen molar-refractivity contribution in [2.24, 2.45) is 43.3 Å². The number of rotatable bonds is 0. The van der Waals surface area contributed by atoms with Gasteiger partial charge in [-0.1, -0.05) is 119 Å². The highest BCUT2D eigenvalue weighted by Crippen LogP contribution is 2.79. The van der Waals surface area contributed by atoms with E-state index in [2.05, 4.69) is 125 Å². The SMILES string of the molecule is C/C1=C(\C)C2(C)C(C)(C)/C(C)=C(/C)C(C)(C(C)(C)C1(C)C)C(C)(C)C(C)(C)C2(C)C. The van der Waals surface area contributed by atoms with Crippen molar-refractivity contribution in [1.82, 2.24) is 0 Å². The Hall–Kier alpha value is -0.520. The zero-order valence-electron chi connectivity index (χ0n) is 24.0. The normalized spacial score (nSPS) is 43.4. The fourth-order valence-electron chi connectivity index (χ4n) is 8.62. The minimum absolute atomic E-state index is 0.0230. The molecule has 0 amide bonds. The molecule has 3 aliphatic rings. The molecule has 0 heteroatoms. The fraction of sp³-hybridized carbons (Fsp3) is 0.867. The van der Waals surface area contributed by atoms with Crippen molar-refractivity contribution in [3.63, 3.8) is 0 Å². The predicted molar refractivity (Wildman–Crippen MR) is 136 cm³/mol. The average Bonchev–Trinajstić information content (AvgIpc) is 2.61. The Bertz CT molecular complexity index is 818. The Labute approximate surface area is 190 Å². The maximum atomic E-state index is 2.61. The van der Waals surface area contributed by atoms with Crippen molar-refractivity contribution >= 4 is 0 Å². The van der Waals surface area contributed by atoms with E-state index in [0.717, 1.165) is 0 Å². The van der Waals surface area contributed by atoms with Gasteiger partial charge in [0.1, 0.15) is 0 Å². The maximum Gasteiger partial charge on any atom is 0.00283 e. The minimum Gasteiger partial charge on any atom is -0.0676 e. The highest BCUT2D eigenvalue weighted by atomic mass is 14.8. The van der Waals surface area contributed by atoms with E-state index in [9.17, 15) is 0 Å². The summed E-state index contributed by atoms with van der Waals surface area (Å²) in [4.78, 5) is 0. The summed E-state index contributed by atoms with van der Waals surface area (Å²) < 4.78 is 0. The van der Waals surface area contributed by atoms with Gasteiger partial charge in [-0.05, 0) is 65.6 Å². The highest BCUT2D eigenvalue weighted by Gasteiger charge is 2.72. The Balaban J connectivity index is 3.47. The molecule has 2 atom stereocenters. The first-order valence-electron chi connectivity index (χ1n) is 12.2. The van der Waals surface area contributed by atoms with Crippen LogP contribution in [-0.2, 0) is 0 Å². The summed E-state index contributed by atoms with van der Waals surface area (Å²) in [6.07, 6.45) is 0. The van der Waals surface area contributed by atoms with Crippen LogP contribution in [0.5, 0.6) is 0 Å². The van der Waals surface area contributed by atoms with E-state index in [4.69, 9.17) is 0 Å². The van der Waals surface area contributed by atoms with Gasteiger partial charge < -0.3 is 0 Å². The van der Waals surface area contributed by atoms with E-state index in [1.165, 1.54) is 0 Å². The van der Waals surface area contributed by atoms with Crippen LogP contribution in [0.2, 0.25) is 0 Å². The molecule has 0 aromatic rings. The maximum absolute atomic E-state index is 2.61. The number of fused-ring (bicyclic) bond motifs is 5. The Morgan fingerprint density at radius 2 is 0.600 bits per heavy atom. The Kier molecular flexibility index (Phi) is 5.22. The molecule has 0 saturated heterocycles.